The molecule has 2 N–H and O–H groups in total. The van der Waals surface area contributed by atoms with Crippen molar-refractivity contribution in [1.29, 1.82) is 0 Å². The lowest BCUT2D eigenvalue weighted by Gasteiger charge is -2.26. The first-order valence-corrected chi connectivity index (χ1v) is 6.81. The lowest BCUT2D eigenvalue weighted by molar-refractivity contribution is -0.133. The summed E-state index contributed by atoms with van der Waals surface area (Å²) in [6.45, 7) is 5.89. The number of aliphatic hydroxyl groups excluding tert-OH is 1. The molecule has 100 valence electrons. The Labute approximate surface area is 104 Å². The van der Waals surface area contributed by atoms with Crippen molar-refractivity contribution in [2.75, 3.05) is 19.7 Å². The van der Waals surface area contributed by atoms with E-state index in [4.69, 9.17) is 5.11 Å². The summed E-state index contributed by atoms with van der Waals surface area (Å²) in [6.07, 6.45) is 5.44. The Kier molecular flexibility index (Phi) is 6.52. The fraction of sp³-hybridized carbons (Fsp3) is 0.923. The van der Waals surface area contributed by atoms with Crippen LogP contribution in [0.25, 0.3) is 0 Å². The van der Waals surface area contributed by atoms with Gasteiger partial charge in [0.1, 0.15) is 0 Å². The van der Waals surface area contributed by atoms with E-state index in [9.17, 15) is 4.79 Å². The molecule has 1 saturated heterocycles. The van der Waals surface area contributed by atoms with E-state index in [1.165, 1.54) is 12.8 Å². The molecule has 0 bridgehead atoms. The summed E-state index contributed by atoms with van der Waals surface area (Å²) < 4.78 is 0. The van der Waals surface area contributed by atoms with Crippen molar-refractivity contribution in [1.82, 2.24) is 10.2 Å². The normalized spacial score (nSPS) is 20.8. The SMILES string of the molecule is CC(CCO)NC(C)C(=O)N1CCCCCC1. The highest BCUT2D eigenvalue weighted by atomic mass is 16.3. The molecule has 1 aliphatic heterocycles. The van der Waals surface area contributed by atoms with Crippen molar-refractivity contribution in [3.05, 3.63) is 0 Å². The Morgan fingerprint density at radius 3 is 2.35 bits per heavy atom. The van der Waals surface area contributed by atoms with Crippen molar-refractivity contribution < 1.29 is 9.90 Å². The van der Waals surface area contributed by atoms with E-state index in [1.54, 1.807) is 0 Å². The number of carbonyl (C=O) groups excluding carboxylic acids is 1. The first kappa shape index (κ1) is 14.5. The first-order valence-electron chi connectivity index (χ1n) is 6.81. The molecule has 0 saturated carbocycles. The standard InChI is InChI=1S/C13H26N2O2/c1-11(7-10-16)14-12(2)13(17)15-8-5-3-4-6-9-15/h11-12,14,16H,3-10H2,1-2H3. The van der Waals surface area contributed by atoms with Crippen molar-refractivity contribution in [2.24, 2.45) is 0 Å². The maximum Gasteiger partial charge on any atom is 0.239 e. The van der Waals surface area contributed by atoms with Crippen molar-refractivity contribution in [3.63, 3.8) is 0 Å². The molecule has 2 atom stereocenters. The van der Waals surface area contributed by atoms with Gasteiger partial charge in [0.25, 0.3) is 0 Å². The summed E-state index contributed by atoms with van der Waals surface area (Å²) in [5.41, 5.74) is 0. The topological polar surface area (TPSA) is 52.6 Å². The minimum Gasteiger partial charge on any atom is -0.396 e. The molecule has 17 heavy (non-hydrogen) atoms. The Hall–Kier alpha value is -0.610. The van der Waals surface area contributed by atoms with E-state index >= 15 is 0 Å². The number of carbonyl (C=O) groups is 1. The van der Waals surface area contributed by atoms with Crippen LogP contribution in [0.1, 0.15) is 46.0 Å². The van der Waals surface area contributed by atoms with E-state index in [0.29, 0.717) is 6.42 Å². The van der Waals surface area contributed by atoms with Crippen LogP contribution in [-0.2, 0) is 4.79 Å². The Balaban J connectivity index is 2.38. The molecule has 4 nitrogen and oxygen atoms in total. The van der Waals surface area contributed by atoms with Crippen molar-refractivity contribution >= 4 is 5.91 Å². The minimum absolute atomic E-state index is 0.144. The highest BCUT2D eigenvalue weighted by Crippen LogP contribution is 2.11. The van der Waals surface area contributed by atoms with Crippen LogP contribution >= 0.6 is 0 Å². The highest BCUT2D eigenvalue weighted by molar-refractivity contribution is 5.81. The predicted octanol–water partition coefficient (Wildman–Crippen LogP) is 1.14. The summed E-state index contributed by atoms with van der Waals surface area (Å²) in [5, 5.41) is 12.1. The van der Waals surface area contributed by atoms with Crippen LogP contribution in [0.5, 0.6) is 0 Å². The zero-order valence-corrected chi connectivity index (χ0v) is 11.1. The summed E-state index contributed by atoms with van der Waals surface area (Å²) in [5.74, 6) is 0.205. The number of amides is 1. The Morgan fingerprint density at radius 2 is 1.82 bits per heavy atom. The van der Waals surface area contributed by atoms with Crippen LogP contribution < -0.4 is 5.32 Å². The van der Waals surface area contributed by atoms with Crippen LogP contribution in [-0.4, -0.2) is 47.7 Å². The lowest BCUT2D eigenvalue weighted by atomic mass is 10.2. The smallest absolute Gasteiger partial charge is 0.239 e. The quantitative estimate of drug-likeness (QED) is 0.760. The maximum atomic E-state index is 12.2. The molecule has 0 spiro atoms. The number of aliphatic hydroxyl groups is 1. The van der Waals surface area contributed by atoms with Crippen molar-refractivity contribution in [2.45, 2.75) is 58.0 Å². The van der Waals surface area contributed by atoms with Crippen LogP contribution in [0.15, 0.2) is 0 Å². The van der Waals surface area contributed by atoms with Gasteiger partial charge in [-0.3, -0.25) is 4.79 Å². The lowest BCUT2D eigenvalue weighted by Crippen LogP contribution is -2.48. The number of likely N-dealkylation sites (tertiary alicyclic amines) is 1. The molecule has 0 aromatic rings. The second-order valence-electron chi connectivity index (χ2n) is 5.04. The molecule has 1 rings (SSSR count). The molecular weight excluding hydrogens is 216 g/mol. The molecule has 0 aromatic carbocycles. The molecule has 2 unspecified atom stereocenters. The van der Waals surface area contributed by atoms with Gasteiger partial charge < -0.3 is 15.3 Å². The minimum atomic E-state index is -0.144. The molecule has 1 fully saturated rings. The van der Waals surface area contributed by atoms with E-state index < -0.39 is 0 Å². The van der Waals surface area contributed by atoms with Gasteiger partial charge in [0, 0.05) is 25.7 Å². The third kappa shape index (κ3) is 5.04. The summed E-state index contributed by atoms with van der Waals surface area (Å²) in [4.78, 5) is 14.2. The van der Waals surface area contributed by atoms with Gasteiger partial charge in [-0.1, -0.05) is 12.8 Å². The summed E-state index contributed by atoms with van der Waals surface area (Å²) >= 11 is 0. The van der Waals surface area contributed by atoms with Crippen LogP contribution in [0.2, 0.25) is 0 Å². The van der Waals surface area contributed by atoms with E-state index in [1.807, 2.05) is 18.7 Å². The van der Waals surface area contributed by atoms with Gasteiger partial charge in [-0.05, 0) is 33.1 Å². The molecular formula is C13H26N2O2. The molecule has 0 aromatic heterocycles. The molecule has 1 aliphatic rings. The van der Waals surface area contributed by atoms with Crippen LogP contribution in [0.3, 0.4) is 0 Å². The zero-order valence-electron chi connectivity index (χ0n) is 11.1. The number of nitrogens with one attached hydrogen (secondary N) is 1. The average molecular weight is 242 g/mol. The number of rotatable bonds is 5. The van der Waals surface area contributed by atoms with E-state index in [2.05, 4.69) is 5.32 Å². The fourth-order valence-electron chi connectivity index (χ4n) is 2.34. The fourth-order valence-corrected chi connectivity index (χ4v) is 2.34. The second-order valence-corrected chi connectivity index (χ2v) is 5.04. The second kappa shape index (κ2) is 7.67. The molecule has 1 amide bonds. The largest absolute Gasteiger partial charge is 0.396 e. The van der Waals surface area contributed by atoms with Gasteiger partial charge in [0.05, 0.1) is 6.04 Å². The molecule has 0 aliphatic carbocycles. The number of hydrogen-bond acceptors (Lipinski definition) is 3. The number of hydrogen-bond donors (Lipinski definition) is 2. The average Bonchev–Trinajstić information content (AvgIpc) is 2.56. The van der Waals surface area contributed by atoms with Gasteiger partial charge in [0.15, 0.2) is 0 Å². The van der Waals surface area contributed by atoms with Gasteiger partial charge in [0.2, 0.25) is 5.91 Å². The summed E-state index contributed by atoms with van der Waals surface area (Å²) in [7, 11) is 0. The maximum absolute atomic E-state index is 12.2. The monoisotopic (exact) mass is 242 g/mol. The predicted molar refractivity (Wildman–Crippen MR) is 68.8 cm³/mol. The van der Waals surface area contributed by atoms with Crippen LogP contribution in [0, 0.1) is 0 Å². The zero-order chi connectivity index (χ0) is 12.7. The Bertz CT molecular complexity index is 225. The molecule has 0 radical (unpaired) electrons. The van der Waals surface area contributed by atoms with Gasteiger partial charge in [-0.2, -0.15) is 0 Å². The molecule has 4 heteroatoms. The van der Waals surface area contributed by atoms with Gasteiger partial charge in [-0.15, -0.1) is 0 Å². The Morgan fingerprint density at radius 1 is 1.24 bits per heavy atom. The summed E-state index contributed by atoms with van der Waals surface area (Å²) in [6, 6.07) is 0.0422. The molecule has 1 heterocycles. The third-order valence-electron chi connectivity index (χ3n) is 3.38. The highest BCUT2D eigenvalue weighted by Gasteiger charge is 2.22. The van der Waals surface area contributed by atoms with Crippen LogP contribution in [0.4, 0.5) is 0 Å². The first-order chi connectivity index (χ1) is 8.15. The number of nitrogens with zero attached hydrogens (tertiary/aromatic N) is 1. The third-order valence-corrected chi connectivity index (χ3v) is 3.38. The van der Waals surface area contributed by atoms with E-state index in [0.717, 1.165) is 25.9 Å². The van der Waals surface area contributed by atoms with E-state index in [-0.39, 0.29) is 24.6 Å². The van der Waals surface area contributed by atoms with Gasteiger partial charge >= 0.3 is 0 Å². The van der Waals surface area contributed by atoms with Gasteiger partial charge in [-0.25, -0.2) is 0 Å². The van der Waals surface area contributed by atoms with Crippen molar-refractivity contribution in [3.8, 4) is 0 Å².